The summed E-state index contributed by atoms with van der Waals surface area (Å²) in [6.45, 7) is 0. The highest BCUT2D eigenvalue weighted by atomic mass is 79.9. The van der Waals surface area contributed by atoms with Crippen LogP contribution in [0.2, 0.25) is 0 Å². The molecule has 0 aliphatic rings. The van der Waals surface area contributed by atoms with Gasteiger partial charge in [0, 0.05) is 6.42 Å². The number of nitriles is 1. The molecule has 2 nitrogen and oxygen atoms in total. The van der Waals surface area contributed by atoms with Crippen molar-refractivity contribution in [1.82, 2.24) is 4.37 Å². The molecule has 0 fully saturated rings. The molecular formula is C7H3BrN2S. The number of hydrogen-bond donors (Lipinski definition) is 0. The molecule has 0 radical (unpaired) electrons. The first-order chi connectivity index (χ1) is 5.29. The highest BCUT2D eigenvalue weighted by Crippen LogP contribution is 2.22. The van der Waals surface area contributed by atoms with Crippen LogP contribution in [0, 0.1) is 23.7 Å². The minimum Gasteiger partial charge on any atom is -0.192 e. The van der Waals surface area contributed by atoms with Crippen LogP contribution in [0.3, 0.4) is 0 Å². The van der Waals surface area contributed by atoms with Crippen LogP contribution in [0.15, 0.2) is 4.60 Å². The topological polar surface area (TPSA) is 36.7 Å². The van der Waals surface area contributed by atoms with Gasteiger partial charge in [-0.15, -0.1) is 12.3 Å². The van der Waals surface area contributed by atoms with E-state index in [1.165, 1.54) is 11.5 Å². The van der Waals surface area contributed by atoms with Crippen LogP contribution < -0.4 is 0 Å². The minimum atomic E-state index is 0.478. The van der Waals surface area contributed by atoms with Gasteiger partial charge in [0.2, 0.25) is 0 Å². The molecule has 1 aromatic heterocycles. The van der Waals surface area contributed by atoms with Gasteiger partial charge in [0.05, 0.1) is 4.88 Å². The molecule has 1 rings (SSSR count). The molecular weight excluding hydrogens is 224 g/mol. The Balaban J connectivity index is 3.10. The molecule has 0 aliphatic carbocycles. The Morgan fingerprint density at radius 1 is 1.73 bits per heavy atom. The van der Waals surface area contributed by atoms with E-state index in [9.17, 15) is 0 Å². The molecule has 0 atom stereocenters. The molecule has 0 N–H and O–H groups in total. The molecule has 0 saturated heterocycles. The second-order valence-corrected chi connectivity index (χ2v) is 3.37. The summed E-state index contributed by atoms with van der Waals surface area (Å²) in [6.07, 6.45) is 5.58. The maximum Gasteiger partial charge on any atom is 0.137 e. The van der Waals surface area contributed by atoms with Crippen molar-refractivity contribution in [2.45, 2.75) is 6.42 Å². The predicted molar refractivity (Wildman–Crippen MR) is 47.1 cm³/mol. The smallest absolute Gasteiger partial charge is 0.137 e. The average molecular weight is 227 g/mol. The molecule has 1 aromatic rings. The van der Waals surface area contributed by atoms with Gasteiger partial charge in [-0.1, -0.05) is 0 Å². The van der Waals surface area contributed by atoms with Gasteiger partial charge in [-0.2, -0.15) is 9.64 Å². The Morgan fingerprint density at radius 2 is 2.45 bits per heavy atom. The largest absolute Gasteiger partial charge is 0.192 e. The molecule has 0 saturated carbocycles. The summed E-state index contributed by atoms with van der Waals surface area (Å²) in [7, 11) is 0. The number of terminal acetylenes is 1. The number of hydrogen-bond acceptors (Lipinski definition) is 3. The zero-order chi connectivity index (χ0) is 8.27. The molecule has 11 heavy (non-hydrogen) atoms. The molecule has 0 aliphatic heterocycles. The van der Waals surface area contributed by atoms with Crippen molar-refractivity contribution in [3.8, 4) is 18.4 Å². The molecule has 0 amide bonds. The van der Waals surface area contributed by atoms with Crippen molar-refractivity contribution in [3.05, 3.63) is 15.0 Å². The van der Waals surface area contributed by atoms with Crippen molar-refractivity contribution >= 4 is 27.5 Å². The zero-order valence-electron chi connectivity index (χ0n) is 5.47. The van der Waals surface area contributed by atoms with Crippen molar-refractivity contribution < 1.29 is 0 Å². The quantitative estimate of drug-likeness (QED) is 0.687. The predicted octanol–water partition coefficient (Wildman–Crippen LogP) is 1.95. The van der Waals surface area contributed by atoms with Gasteiger partial charge in [0.15, 0.2) is 0 Å². The average Bonchev–Trinajstić information content (AvgIpc) is 2.33. The lowest BCUT2D eigenvalue weighted by Crippen LogP contribution is -1.79. The van der Waals surface area contributed by atoms with E-state index in [-0.39, 0.29) is 0 Å². The minimum absolute atomic E-state index is 0.478. The molecule has 0 bridgehead atoms. The summed E-state index contributed by atoms with van der Waals surface area (Å²) in [5.41, 5.74) is 0.563. The summed E-state index contributed by atoms with van der Waals surface area (Å²) in [6, 6.07) is 2.03. The van der Waals surface area contributed by atoms with E-state index >= 15 is 0 Å². The highest BCUT2D eigenvalue weighted by molar-refractivity contribution is 9.10. The fourth-order valence-corrected chi connectivity index (χ4v) is 1.96. The van der Waals surface area contributed by atoms with E-state index in [0.29, 0.717) is 16.6 Å². The van der Waals surface area contributed by atoms with Crippen LogP contribution in [-0.2, 0) is 6.42 Å². The van der Waals surface area contributed by atoms with Crippen LogP contribution in [0.1, 0.15) is 10.4 Å². The number of halogens is 1. The van der Waals surface area contributed by atoms with Crippen molar-refractivity contribution in [2.75, 3.05) is 0 Å². The standard InChI is InChI=1S/C7H3BrN2S/c1-2-3-6-5(4-9)7(8)10-11-6/h1H,3H2. The number of nitrogens with zero attached hydrogens (tertiary/aromatic N) is 2. The monoisotopic (exact) mass is 226 g/mol. The third kappa shape index (κ3) is 1.59. The molecule has 54 valence electrons. The summed E-state index contributed by atoms with van der Waals surface area (Å²) < 4.78 is 4.54. The summed E-state index contributed by atoms with van der Waals surface area (Å²) in [4.78, 5) is 0.849. The van der Waals surface area contributed by atoms with Gasteiger partial charge in [0.25, 0.3) is 0 Å². The Kier molecular flexibility index (Phi) is 2.64. The lowest BCUT2D eigenvalue weighted by molar-refractivity contribution is 1.34. The Morgan fingerprint density at radius 3 is 3.00 bits per heavy atom. The van der Waals surface area contributed by atoms with E-state index in [0.717, 1.165) is 4.88 Å². The third-order valence-electron chi connectivity index (χ3n) is 1.10. The zero-order valence-corrected chi connectivity index (χ0v) is 7.87. The van der Waals surface area contributed by atoms with Crippen molar-refractivity contribution in [3.63, 3.8) is 0 Å². The van der Waals surface area contributed by atoms with Crippen molar-refractivity contribution in [2.24, 2.45) is 0 Å². The molecule has 0 unspecified atom stereocenters. The van der Waals surface area contributed by atoms with E-state index in [1.54, 1.807) is 0 Å². The van der Waals surface area contributed by atoms with Gasteiger partial charge in [-0.3, -0.25) is 0 Å². The molecule has 1 heterocycles. The second kappa shape index (κ2) is 3.52. The Hall–Kier alpha value is -0.840. The summed E-state index contributed by atoms with van der Waals surface area (Å²) in [5.74, 6) is 2.47. The summed E-state index contributed by atoms with van der Waals surface area (Å²) in [5, 5.41) is 8.63. The van der Waals surface area contributed by atoms with E-state index in [4.69, 9.17) is 11.7 Å². The molecule has 0 aromatic carbocycles. The van der Waals surface area contributed by atoms with Crippen LogP contribution in [0.4, 0.5) is 0 Å². The van der Waals surface area contributed by atoms with Crippen molar-refractivity contribution in [1.29, 1.82) is 5.26 Å². The van der Waals surface area contributed by atoms with Gasteiger partial charge >= 0.3 is 0 Å². The SMILES string of the molecule is C#CCc1snc(Br)c1C#N. The van der Waals surface area contributed by atoms with E-state index < -0.39 is 0 Å². The summed E-state index contributed by atoms with van der Waals surface area (Å²) >= 11 is 4.42. The van der Waals surface area contributed by atoms with Gasteiger partial charge in [0.1, 0.15) is 16.2 Å². The third-order valence-corrected chi connectivity index (χ3v) is 2.75. The lowest BCUT2D eigenvalue weighted by Gasteiger charge is -1.85. The highest BCUT2D eigenvalue weighted by Gasteiger charge is 2.08. The fourth-order valence-electron chi connectivity index (χ4n) is 0.623. The van der Waals surface area contributed by atoms with Crippen LogP contribution in [-0.4, -0.2) is 4.37 Å². The first-order valence-corrected chi connectivity index (χ1v) is 4.34. The van der Waals surface area contributed by atoms with Gasteiger partial charge in [-0.05, 0) is 27.5 Å². The second-order valence-electron chi connectivity index (χ2n) is 1.76. The van der Waals surface area contributed by atoms with E-state index in [1.807, 2.05) is 6.07 Å². The first kappa shape index (κ1) is 8.26. The number of rotatable bonds is 1. The van der Waals surface area contributed by atoms with Crippen LogP contribution in [0.25, 0.3) is 0 Å². The fraction of sp³-hybridized carbons (Fsp3) is 0.143. The molecule has 0 spiro atoms. The maximum absolute atomic E-state index is 8.63. The normalized spacial score (nSPS) is 8.64. The van der Waals surface area contributed by atoms with E-state index in [2.05, 4.69) is 26.2 Å². The number of aromatic nitrogens is 1. The molecule has 4 heteroatoms. The van der Waals surface area contributed by atoms with Gasteiger partial charge < -0.3 is 0 Å². The van der Waals surface area contributed by atoms with Crippen LogP contribution >= 0.6 is 27.5 Å². The van der Waals surface area contributed by atoms with Gasteiger partial charge in [-0.25, -0.2) is 0 Å². The Bertz CT molecular complexity index is 342. The van der Waals surface area contributed by atoms with Crippen LogP contribution in [0.5, 0.6) is 0 Å². The first-order valence-electron chi connectivity index (χ1n) is 2.77. The Labute approximate surface area is 77.2 Å². The maximum atomic E-state index is 8.63. The lowest BCUT2D eigenvalue weighted by atomic mass is 10.2.